The van der Waals surface area contributed by atoms with Crippen molar-refractivity contribution in [3.63, 3.8) is 0 Å². The second-order valence-electron chi connectivity index (χ2n) is 6.69. The second kappa shape index (κ2) is 4.90. The number of nitriles is 1. The third kappa shape index (κ3) is 1.96. The van der Waals surface area contributed by atoms with E-state index in [2.05, 4.69) is 31.2 Å². The third-order valence-corrected chi connectivity index (χ3v) is 5.71. The van der Waals surface area contributed by atoms with E-state index in [1.807, 2.05) is 6.07 Å². The Labute approximate surface area is 121 Å². The molecule has 2 nitrogen and oxygen atoms in total. The molecule has 1 saturated carbocycles. The summed E-state index contributed by atoms with van der Waals surface area (Å²) in [5, 5.41) is 21.0. The van der Waals surface area contributed by atoms with Gasteiger partial charge in [-0.15, -0.1) is 0 Å². The largest absolute Gasteiger partial charge is 0.388 e. The molecule has 0 aliphatic heterocycles. The van der Waals surface area contributed by atoms with Crippen molar-refractivity contribution in [1.82, 2.24) is 0 Å². The smallest absolute Gasteiger partial charge is 0.0903 e. The molecule has 3 rings (SSSR count). The van der Waals surface area contributed by atoms with E-state index in [0.717, 1.165) is 38.5 Å². The molecule has 2 heteroatoms. The van der Waals surface area contributed by atoms with Gasteiger partial charge >= 0.3 is 0 Å². The molecular formula is C18H23NO. The molecule has 0 aromatic heterocycles. The van der Waals surface area contributed by atoms with Crippen molar-refractivity contribution in [3.05, 3.63) is 35.4 Å². The summed E-state index contributed by atoms with van der Waals surface area (Å²) in [5.74, 6) is 0.586. The third-order valence-electron chi connectivity index (χ3n) is 5.71. The summed E-state index contributed by atoms with van der Waals surface area (Å²) in [7, 11) is 0. The van der Waals surface area contributed by atoms with Gasteiger partial charge in [0.25, 0.3) is 0 Å². The van der Waals surface area contributed by atoms with Gasteiger partial charge in [-0.1, -0.05) is 37.6 Å². The van der Waals surface area contributed by atoms with Crippen molar-refractivity contribution in [2.75, 3.05) is 0 Å². The van der Waals surface area contributed by atoms with E-state index in [-0.39, 0.29) is 0 Å². The lowest BCUT2D eigenvalue weighted by molar-refractivity contribution is -0.0596. The first-order valence-electron chi connectivity index (χ1n) is 7.83. The van der Waals surface area contributed by atoms with Gasteiger partial charge in [0.2, 0.25) is 0 Å². The van der Waals surface area contributed by atoms with Crippen molar-refractivity contribution in [3.8, 4) is 6.07 Å². The number of fused-ring (bicyclic) bond motifs is 1. The van der Waals surface area contributed by atoms with Crippen LogP contribution in [0.1, 0.15) is 50.2 Å². The zero-order valence-corrected chi connectivity index (χ0v) is 12.2. The van der Waals surface area contributed by atoms with Crippen LogP contribution in [0, 0.1) is 22.7 Å². The number of aliphatic hydroxyl groups is 1. The Morgan fingerprint density at radius 3 is 2.70 bits per heavy atom. The Hall–Kier alpha value is -1.33. The molecular weight excluding hydrogens is 246 g/mol. The van der Waals surface area contributed by atoms with Gasteiger partial charge in [0, 0.05) is 0 Å². The predicted octanol–water partition coefficient (Wildman–Crippen LogP) is 3.63. The van der Waals surface area contributed by atoms with Crippen LogP contribution in [-0.2, 0) is 12.8 Å². The molecule has 0 bridgehead atoms. The number of rotatable bonds is 2. The van der Waals surface area contributed by atoms with Crippen molar-refractivity contribution in [2.45, 2.75) is 57.5 Å². The summed E-state index contributed by atoms with van der Waals surface area (Å²) < 4.78 is 0. The molecule has 1 N–H and O–H groups in total. The van der Waals surface area contributed by atoms with Crippen molar-refractivity contribution in [1.29, 1.82) is 5.26 Å². The Balaban J connectivity index is 1.93. The van der Waals surface area contributed by atoms with Crippen LogP contribution in [0.2, 0.25) is 0 Å². The molecule has 0 radical (unpaired) electrons. The molecule has 1 fully saturated rings. The molecule has 0 saturated heterocycles. The highest BCUT2D eigenvalue weighted by Crippen LogP contribution is 2.52. The van der Waals surface area contributed by atoms with Crippen LogP contribution in [0.3, 0.4) is 0 Å². The molecule has 0 amide bonds. The van der Waals surface area contributed by atoms with Gasteiger partial charge in [-0.05, 0) is 55.6 Å². The Bertz CT molecular complexity index is 547. The molecule has 1 aromatic rings. The topological polar surface area (TPSA) is 44.0 Å². The highest BCUT2D eigenvalue weighted by molar-refractivity contribution is 5.35. The van der Waals surface area contributed by atoms with Crippen LogP contribution in [0.5, 0.6) is 0 Å². The average molecular weight is 269 g/mol. The minimum atomic E-state index is -0.782. The first-order valence-corrected chi connectivity index (χ1v) is 7.83. The van der Waals surface area contributed by atoms with E-state index in [9.17, 15) is 10.4 Å². The predicted molar refractivity (Wildman–Crippen MR) is 79.1 cm³/mol. The number of hydrogen-bond acceptors (Lipinski definition) is 2. The molecule has 106 valence electrons. The lowest BCUT2D eigenvalue weighted by atomic mass is 9.62. The Morgan fingerprint density at radius 2 is 2.05 bits per heavy atom. The summed E-state index contributed by atoms with van der Waals surface area (Å²) >= 11 is 0. The van der Waals surface area contributed by atoms with Crippen LogP contribution in [-0.4, -0.2) is 10.7 Å². The maximum absolute atomic E-state index is 11.2. The molecule has 3 atom stereocenters. The van der Waals surface area contributed by atoms with E-state index >= 15 is 0 Å². The van der Waals surface area contributed by atoms with E-state index in [1.165, 1.54) is 11.1 Å². The molecule has 2 aliphatic carbocycles. The quantitative estimate of drug-likeness (QED) is 0.891. The fourth-order valence-electron chi connectivity index (χ4n) is 4.24. The molecule has 20 heavy (non-hydrogen) atoms. The second-order valence-corrected chi connectivity index (χ2v) is 6.69. The van der Waals surface area contributed by atoms with E-state index in [0.29, 0.717) is 12.3 Å². The Morgan fingerprint density at radius 1 is 1.30 bits per heavy atom. The highest BCUT2D eigenvalue weighted by atomic mass is 16.3. The fraction of sp³-hybridized carbons (Fsp3) is 0.611. The Kier molecular flexibility index (Phi) is 3.34. The molecule has 2 aliphatic rings. The first kappa shape index (κ1) is 13.6. The monoisotopic (exact) mass is 269 g/mol. The van der Waals surface area contributed by atoms with Crippen LogP contribution in [0.4, 0.5) is 0 Å². The summed E-state index contributed by atoms with van der Waals surface area (Å²) in [5.41, 5.74) is 1.25. The zero-order chi connectivity index (χ0) is 14.2. The number of nitrogens with zero attached hydrogens (tertiary/aromatic N) is 1. The van der Waals surface area contributed by atoms with Crippen molar-refractivity contribution >= 4 is 0 Å². The van der Waals surface area contributed by atoms with Gasteiger partial charge in [-0.25, -0.2) is 0 Å². The van der Waals surface area contributed by atoms with Gasteiger partial charge in [0.05, 0.1) is 17.1 Å². The number of aryl methyl sites for hydroxylation is 1. The zero-order valence-electron chi connectivity index (χ0n) is 12.2. The van der Waals surface area contributed by atoms with Gasteiger partial charge in [0.15, 0.2) is 0 Å². The van der Waals surface area contributed by atoms with Gasteiger partial charge in [-0.3, -0.25) is 0 Å². The first-order chi connectivity index (χ1) is 9.62. The lowest BCUT2D eigenvalue weighted by Crippen LogP contribution is -2.49. The molecule has 3 unspecified atom stereocenters. The van der Waals surface area contributed by atoms with Crippen LogP contribution in [0.25, 0.3) is 0 Å². The van der Waals surface area contributed by atoms with Crippen LogP contribution < -0.4 is 0 Å². The maximum Gasteiger partial charge on any atom is 0.0903 e. The normalized spacial score (nSPS) is 36.4. The highest BCUT2D eigenvalue weighted by Gasteiger charge is 2.54. The van der Waals surface area contributed by atoms with Gasteiger partial charge in [-0.2, -0.15) is 5.26 Å². The van der Waals surface area contributed by atoms with E-state index in [4.69, 9.17) is 0 Å². The van der Waals surface area contributed by atoms with Crippen LogP contribution >= 0.6 is 0 Å². The molecule has 0 heterocycles. The van der Waals surface area contributed by atoms with Gasteiger partial charge in [0.1, 0.15) is 0 Å². The summed E-state index contributed by atoms with van der Waals surface area (Å²) in [6.07, 6.45) is 6.21. The molecule has 0 spiro atoms. The summed E-state index contributed by atoms with van der Waals surface area (Å²) in [6, 6.07) is 10.9. The van der Waals surface area contributed by atoms with E-state index in [1.54, 1.807) is 0 Å². The maximum atomic E-state index is 11.2. The summed E-state index contributed by atoms with van der Waals surface area (Å²) in [4.78, 5) is 0. The standard InChI is InChI=1S/C18H23NO/c1-2-14-7-10-18(20,11-14)17(13-19)9-8-15-5-3-4-6-16(15)12-17/h3-6,14,20H,2,7-12H2,1H3. The van der Waals surface area contributed by atoms with Crippen molar-refractivity contribution in [2.24, 2.45) is 11.3 Å². The molecule has 1 aromatic carbocycles. The lowest BCUT2D eigenvalue weighted by Gasteiger charge is -2.43. The van der Waals surface area contributed by atoms with E-state index < -0.39 is 11.0 Å². The minimum Gasteiger partial charge on any atom is -0.388 e. The summed E-state index contributed by atoms with van der Waals surface area (Å²) in [6.45, 7) is 2.19. The fourth-order valence-corrected chi connectivity index (χ4v) is 4.24. The van der Waals surface area contributed by atoms with Gasteiger partial charge < -0.3 is 5.11 Å². The number of benzene rings is 1. The SMILES string of the molecule is CCC1CCC(O)(C2(C#N)CCc3ccccc3C2)C1. The number of hydrogen-bond donors (Lipinski definition) is 1. The minimum absolute atomic E-state index is 0.578. The van der Waals surface area contributed by atoms with Crippen LogP contribution in [0.15, 0.2) is 24.3 Å². The average Bonchev–Trinajstić information content (AvgIpc) is 2.90. The van der Waals surface area contributed by atoms with Crippen molar-refractivity contribution < 1.29 is 5.11 Å².